The van der Waals surface area contributed by atoms with Crippen LogP contribution in [0.15, 0.2) is 24.3 Å². The van der Waals surface area contributed by atoms with Crippen LogP contribution in [0.4, 0.5) is 5.69 Å². The Morgan fingerprint density at radius 1 is 1.42 bits per heavy atom. The van der Waals surface area contributed by atoms with Crippen molar-refractivity contribution in [2.24, 2.45) is 0 Å². The summed E-state index contributed by atoms with van der Waals surface area (Å²) >= 11 is 0. The van der Waals surface area contributed by atoms with E-state index in [0.717, 1.165) is 0 Å². The molecular formula is C18H17N3O3. The molecule has 3 rings (SSSR count). The molecule has 2 heterocycles. The van der Waals surface area contributed by atoms with E-state index in [1.165, 1.54) is 4.90 Å². The van der Waals surface area contributed by atoms with Crippen molar-refractivity contribution in [3.63, 3.8) is 0 Å². The number of terminal acetylenes is 1. The molecule has 1 amide bonds. The summed E-state index contributed by atoms with van der Waals surface area (Å²) in [6.45, 7) is 3.47. The number of nitrogens with one attached hydrogen (secondary N) is 1. The molecule has 6 heteroatoms. The highest BCUT2D eigenvalue weighted by Crippen LogP contribution is 2.42. The molecule has 2 aromatic rings. The van der Waals surface area contributed by atoms with Crippen molar-refractivity contribution in [2.75, 3.05) is 11.4 Å². The summed E-state index contributed by atoms with van der Waals surface area (Å²) in [5.74, 6) is 1.50. The van der Waals surface area contributed by atoms with Crippen LogP contribution >= 0.6 is 0 Å². The summed E-state index contributed by atoms with van der Waals surface area (Å²) in [4.78, 5) is 26.8. The zero-order valence-corrected chi connectivity index (χ0v) is 13.5. The van der Waals surface area contributed by atoms with Gasteiger partial charge >= 0.3 is 0 Å². The first kappa shape index (κ1) is 16.0. The van der Waals surface area contributed by atoms with Gasteiger partial charge in [0.25, 0.3) is 5.91 Å². The van der Waals surface area contributed by atoms with Gasteiger partial charge < -0.3 is 5.11 Å². The third-order valence-corrected chi connectivity index (χ3v) is 4.31. The maximum atomic E-state index is 12.8. The first-order valence-corrected chi connectivity index (χ1v) is 7.52. The number of para-hydroxylation sites is 1. The molecular weight excluding hydrogens is 306 g/mol. The number of nitrogens with zero attached hydrogens (tertiary/aromatic N) is 2. The largest absolute Gasteiger partial charge is 0.375 e. The minimum atomic E-state index is -1.92. The Morgan fingerprint density at radius 3 is 2.75 bits per heavy atom. The van der Waals surface area contributed by atoms with Crippen LogP contribution < -0.4 is 4.90 Å². The number of amides is 1. The number of H-pyrrole nitrogens is 1. The molecule has 122 valence electrons. The highest BCUT2D eigenvalue weighted by molar-refractivity contribution is 6.11. The molecule has 0 radical (unpaired) electrons. The van der Waals surface area contributed by atoms with Crippen LogP contribution in [0.25, 0.3) is 0 Å². The molecule has 1 aromatic heterocycles. The molecule has 2 N–H and O–H groups in total. The molecule has 6 nitrogen and oxygen atoms in total. The summed E-state index contributed by atoms with van der Waals surface area (Å²) < 4.78 is 0. The first-order valence-electron chi connectivity index (χ1n) is 7.52. The van der Waals surface area contributed by atoms with Crippen LogP contribution in [-0.4, -0.2) is 33.5 Å². The number of fused-ring (bicyclic) bond motifs is 1. The number of aromatic amines is 1. The number of aliphatic hydroxyl groups is 1. The molecule has 24 heavy (non-hydrogen) atoms. The Balaban J connectivity index is 2.02. The Morgan fingerprint density at radius 2 is 2.12 bits per heavy atom. The number of aryl methyl sites for hydroxylation is 2. The standard InChI is InChI=1S/C18H17N3O3/c1-4-9-21-14-8-6-5-7-13(14)18(24,17(21)23)10-15(22)16-11(2)19-20-12(16)3/h1,5-8,24H,9-10H2,2-3H3,(H,19,20)/t18-/m0/s1. The Labute approximate surface area is 139 Å². The number of hydrogen-bond acceptors (Lipinski definition) is 4. The second-order valence-electron chi connectivity index (χ2n) is 5.88. The maximum absolute atomic E-state index is 12.8. The SMILES string of the molecule is C#CCN1C(=O)[C@](O)(CC(=O)c2c(C)n[nH]c2C)c2ccccc21. The molecule has 0 spiro atoms. The number of carbonyl (C=O) groups excluding carboxylic acids is 2. The van der Waals surface area contributed by atoms with E-state index in [9.17, 15) is 14.7 Å². The van der Waals surface area contributed by atoms with E-state index in [-0.39, 0.29) is 18.7 Å². The molecule has 0 fully saturated rings. The molecule has 1 aromatic carbocycles. The third-order valence-electron chi connectivity index (χ3n) is 4.31. The van der Waals surface area contributed by atoms with Crippen LogP contribution in [0.5, 0.6) is 0 Å². The van der Waals surface area contributed by atoms with Gasteiger partial charge in [0, 0.05) is 11.3 Å². The van der Waals surface area contributed by atoms with Crippen LogP contribution in [0.1, 0.15) is 33.7 Å². The van der Waals surface area contributed by atoms with E-state index in [0.29, 0.717) is 28.2 Å². The van der Waals surface area contributed by atoms with Gasteiger partial charge in [-0.3, -0.25) is 19.6 Å². The monoisotopic (exact) mass is 323 g/mol. The average Bonchev–Trinajstić information content (AvgIpc) is 2.99. The summed E-state index contributed by atoms with van der Waals surface area (Å²) in [6.07, 6.45) is 4.97. The lowest BCUT2D eigenvalue weighted by Gasteiger charge is -2.21. The van der Waals surface area contributed by atoms with Crippen LogP contribution in [0, 0.1) is 26.2 Å². The van der Waals surface area contributed by atoms with Gasteiger partial charge in [0.1, 0.15) is 0 Å². The highest BCUT2D eigenvalue weighted by atomic mass is 16.3. The third kappa shape index (κ3) is 2.22. The number of hydrogen-bond donors (Lipinski definition) is 2. The number of rotatable bonds is 4. The van der Waals surface area contributed by atoms with E-state index in [1.807, 2.05) is 0 Å². The summed E-state index contributed by atoms with van der Waals surface area (Å²) in [7, 11) is 0. The van der Waals surface area contributed by atoms with Gasteiger partial charge in [0.2, 0.25) is 0 Å². The van der Waals surface area contributed by atoms with E-state index >= 15 is 0 Å². The molecule has 0 saturated carbocycles. The predicted molar refractivity (Wildman–Crippen MR) is 88.5 cm³/mol. The van der Waals surface area contributed by atoms with Gasteiger partial charge in [-0.2, -0.15) is 5.10 Å². The van der Waals surface area contributed by atoms with Crippen molar-refractivity contribution >= 4 is 17.4 Å². The molecule has 1 aliphatic rings. The summed E-state index contributed by atoms with van der Waals surface area (Å²) in [5.41, 5.74) is 0.583. The van der Waals surface area contributed by atoms with Gasteiger partial charge in [0.05, 0.1) is 29.9 Å². The number of benzene rings is 1. The zero-order chi connectivity index (χ0) is 17.5. The second-order valence-corrected chi connectivity index (χ2v) is 5.88. The molecule has 0 saturated heterocycles. The smallest absolute Gasteiger partial charge is 0.265 e. The number of carbonyl (C=O) groups is 2. The molecule has 0 unspecified atom stereocenters. The highest BCUT2D eigenvalue weighted by Gasteiger charge is 2.50. The van der Waals surface area contributed by atoms with E-state index in [2.05, 4.69) is 16.1 Å². The van der Waals surface area contributed by atoms with Crippen molar-refractivity contribution in [3.8, 4) is 12.3 Å². The Hall–Kier alpha value is -2.91. The predicted octanol–water partition coefficient (Wildman–Crippen LogP) is 1.47. The van der Waals surface area contributed by atoms with Gasteiger partial charge in [-0.05, 0) is 19.9 Å². The van der Waals surface area contributed by atoms with Crippen molar-refractivity contribution in [1.29, 1.82) is 0 Å². The zero-order valence-electron chi connectivity index (χ0n) is 13.5. The minimum absolute atomic E-state index is 0.0378. The fraction of sp³-hybridized carbons (Fsp3) is 0.278. The van der Waals surface area contributed by atoms with Crippen molar-refractivity contribution in [2.45, 2.75) is 25.9 Å². The lowest BCUT2D eigenvalue weighted by molar-refractivity contribution is -0.135. The topological polar surface area (TPSA) is 86.3 Å². The Bertz CT molecular complexity index is 858. The van der Waals surface area contributed by atoms with Crippen molar-refractivity contribution in [3.05, 3.63) is 46.8 Å². The lowest BCUT2D eigenvalue weighted by atomic mass is 9.87. The summed E-state index contributed by atoms with van der Waals surface area (Å²) in [5, 5.41) is 17.8. The van der Waals surface area contributed by atoms with Crippen molar-refractivity contribution < 1.29 is 14.7 Å². The fourth-order valence-electron chi connectivity index (χ4n) is 3.21. The maximum Gasteiger partial charge on any atom is 0.265 e. The molecule has 0 bridgehead atoms. The first-order chi connectivity index (χ1) is 11.4. The van der Waals surface area contributed by atoms with Gasteiger partial charge in [0.15, 0.2) is 11.4 Å². The van der Waals surface area contributed by atoms with Crippen LogP contribution in [0.2, 0.25) is 0 Å². The van der Waals surface area contributed by atoms with E-state index < -0.39 is 11.5 Å². The number of ketones is 1. The number of aromatic nitrogens is 2. The average molecular weight is 323 g/mol. The fourth-order valence-corrected chi connectivity index (χ4v) is 3.21. The molecule has 0 aliphatic carbocycles. The van der Waals surface area contributed by atoms with Gasteiger partial charge in [-0.25, -0.2) is 0 Å². The summed E-state index contributed by atoms with van der Waals surface area (Å²) in [6, 6.07) is 6.83. The number of Topliss-reactive ketones (excluding diaryl/α,β-unsaturated/α-hetero) is 1. The van der Waals surface area contributed by atoms with Gasteiger partial charge in [-0.15, -0.1) is 6.42 Å². The van der Waals surface area contributed by atoms with E-state index in [1.54, 1.807) is 38.1 Å². The van der Waals surface area contributed by atoms with Gasteiger partial charge in [-0.1, -0.05) is 24.1 Å². The van der Waals surface area contributed by atoms with Crippen LogP contribution in [0.3, 0.4) is 0 Å². The Kier molecular flexibility index (Phi) is 3.74. The van der Waals surface area contributed by atoms with Crippen molar-refractivity contribution in [1.82, 2.24) is 10.2 Å². The van der Waals surface area contributed by atoms with E-state index in [4.69, 9.17) is 6.42 Å². The quantitative estimate of drug-likeness (QED) is 0.659. The lowest BCUT2D eigenvalue weighted by Crippen LogP contribution is -2.42. The molecule has 1 atom stereocenters. The van der Waals surface area contributed by atoms with Crippen LogP contribution in [-0.2, 0) is 10.4 Å². The molecule has 1 aliphatic heterocycles. The minimum Gasteiger partial charge on any atom is -0.375 e. The number of anilines is 1. The normalized spacial score (nSPS) is 19.2. The second kappa shape index (κ2) is 5.62.